The van der Waals surface area contributed by atoms with Gasteiger partial charge in [-0.25, -0.2) is 0 Å². The monoisotopic (exact) mass is 413 g/mol. The number of amides is 1. The number of carbonyl (C=O) groups is 1. The zero-order valence-electron chi connectivity index (χ0n) is 16.0. The Hall–Kier alpha value is -1.28. The molecular formula is C21H27N2OZr-. The van der Waals surface area contributed by atoms with Gasteiger partial charge in [0.2, 0.25) is 0 Å². The first kappa shape index (κ1) is 21.8. The van der Waals surface area contributed by atoms with Crippen LogP contribution in [0.1, 0.15) is 80.6 Å². The molecule has 0 aliphatic heterocycles. The van der Waals surface area contributed by atoms with Crippen LogP contribution in [0.15, 0.2) is 42.6 Å². The van der Waals surface area contributed by atoms with Crippen LogP contribution < -0.4 is 0 Å². The molecule has 3 nitrogen and oxygen atoms in total. The molecule has 0 saturated heterocycles. The average molecular weight is 415 g/mol. The van der Waals surface area contributed by atoms with Crippen LogP contribution in [-0.4, -0.2) is 10.9 Å². The van der Waals surface area contributed by atoms with Gasteiger partial charge in [-0.3, -0.25) is 4.98 Å². The van der Waals surface area contributed by atoms with Crippen molar-refractivity contribution in [3.05, 3.63) is 70.3 Å². The molecule has 0 aliphatic carbocycles. The third-order valence-corrected chi connectivity index (χ3v) is 4.26. The summed E-state index contributed by atoms with van der Waals surface area (Å²) in [7, 11) is 0. The number of carbonyl (C=O) groups excluding carboxylic acids is 1. The van der Waals surface area contributed by atoms with Crippen LogP contribution in [0.3, 0.4) is 0 Å². The third-order valence-electron chi connectivity index (χ3n) is 4.26. The van der Waals surface area contributed by atoms with E-state index in [1.54, 1.807) is 6.20 Å². The van der Waals surface area contributed by atoms with E-state index in [9.17, 15) is 4.79 Å². The van der Waals surface area contributed by atoms with Crippen molar-refractivity contribution in [1.82, 2.24) is 4.98 Å². The maximum Gasteiger partial charge on any atom is 0.0832 e. The number of benzene rings is 1. The van der Waals surface area contributed by atoms with Gasteiger partial charge in [0.25, 0.3) is 0 Å². The van der Waals surface area contributed by atoms with E-state index in [2.05, 4.69) is 38.0 Å². The Morgan fingerprint density at radius 1 is 0.960 bits per heavy atom. The number of rotatable bonds is 5. The number of nitrogens with zero attached hydrogens (tertiary/aromatic N) is 2. The molecular weight excluding hydrogens is 387 g/mol. The van der Waals surface area contributed by atoms with Crippen molar-refractivity contribution in [2.45, 2.75) is 58.9 Å². The summed E-state index contributed by atoms with van der Waals surface area (Å²) in [6.07, 6.45) is 1.73. The van der Waals surface area contributed by atoms with Gasteiger partial charge in [-0.15, -0.1) is 0 Å². The van der Waals surface area contributed by atoms with Gasteiger partial charge in [0.05, 0.1) is 5.91 Å². The van der Waals surface area contributed by atoms with Crippen molar-refractivity contribution in [1.29, 1.82) is 0 Å². The van der Waals surface area contributed by atoms with Crippen LogP contribution in [-0.2, 0) is 31.7 Å². The predicted octanol–water partition coefficient (Wildman–Crippen LogP) is 5.78. The largest absolute Gasteiger partial charge is 0.639 e. The number of hydrogen-bond acceptors (Lipinski definition) is 2. The van der Waals surface area contributed by atoms with Crippen LogP contribution in [0, 0.1) is 0 Å². The minimum atomic E-state index is -0.656. The van der Waals surface area contributed by atoms with Crippen molar-refractivity contribution in [3.63, 3.8) is 0 Å². The van der Waals surface area contributed by atoms with E-state index in [1.807, 2.05) is 50.2 Å². The summed E-state index contributed by atoms with van der Waals surface area (Å²) in [6.45, 7) is 12.3. The van der Waals surface area contributed by atoms with Crippen LogP contribution in [0.4, 0.5) is 0 Å². The molecule has 132 valence electrons. The summed E-state index contributed by atoms with van der Waals surface area (Å²) in [4.78, 5) is 17.5. The first-order valence-corrected chi connectivity index (χ1v) is 8.55. The molecule has 0 atom stereocenters. The molecule has 0 unspecified atom stereocenters. The smallest absolute Gasteiger partial charge is 0.0832 e. The maximum absolute atomic E-state index is 13.1. The Morgan fingerprint density at radius 2 is 1.52 bits per heavy atom. The number of hydrogen-bond donors (Lipinski definition) is 0. The Kier molecular flexibility index (Phi) is 7.74. The second-order valence-corrected chi connectivity index (χ2v) is 7.31. The Labute approximate surface area is 170 Å². The zero-order valence-corrected chi connectivity index (χ0v) is 18.5. The van der Waals surface area contributed by atoms with Crippen LogP contribution >= 0.6 is 0 Å². The van der Waals surface area contributed by atoms with Crippen molar-refractivity contribution in [2.24, 2.45) is 0 Å². The molecule has 0 radical (unpaired) electrons. The Morgan fingerprint density at radius 3 is 1.96 bits per heavy atom. The first-order chi connectivity index (χ1) is 11.2. The van der Waals surface area contributed by atoms with E-state index in [1.165, 1.54) is 0 Å². The number of pyridine rings is 1. The molecule has 4 heteroatoms. The predicted molar refractivity (Wildman–Crippen MR) is 99.6 cm³/mol. The summed E-state index contributed by atoms with van der Waals surface area (Å²) < 4.78 is 0. The average Bonchev–Trinajstić information content (AvgIpc) is 2.54. The van der Waals surface area contributed by atoms with E-state index >= 15 is 0 Å². The summed E-state index contributed by atoms with van der Waals surface area (Å²) in [5.74, 6) is 0.394. The quantitative estimate of drug-likeness (QED) is 0.623. The van der Waals surface area contributed by atoms with Crippen LogP contribution in [0.5, 0.6) is 0 Å². The second kappa shape index (κ2) is 8.89. The van der Waals surface area contributed by atoms with Gasteiger partial charge in [-0.1, -0.05) is 71.3 Å². The zero-order chi connectivity index (χ0) is 17.9. The second-order valence-electron chi connectivity index (χ2n) is 7.31. The fraction of sp³-hybridized carbons (Fsp3) is 0.429. The van der Waals surface area contributed by atoms with Gasteiger partial charge < -0.3 is 10.1 Å². The van der Waals surface area contributed by atoms with Gasteiger partial charge in [0.15, 0.2) is 0 Å². The maximum atomic E-state index is 13.1. The fourth-order valence-corrected chi connectivity index (χ4v) is 2.89. The molecule has 0 saturated carbocycles. The SMILES string of the molecule is CC(C)c1cccc(C(C)C)c1C(=O)[N-]C(C)(C)c1ccccn1.[Zr]. The standard InChI is InChI=1S/C21H28N2O.Zr/c1-14(2)16-10-9-11-17(15(3)4)19(16)20(24)23-21(5,6)18-12-7-8-13-22-18;/h7-15H,1-6H3,(H,23,24);/p-1. The molecule has 1 heterocycles. The summed E-state index contributed by atoms with van der Waals surface area (Å²) in [5.41, 5.74) is 3.02. The van der Waals surface area contributed by atoms with Crippen molar-refractivity contribution in [2.75, 3.05) is 0 Å². The van der Waals surface area contributed by atoms with Crippen LogP contribution in [0.25, 0.3) is 5.32 Å². The third kappa shape index (κ3) is 5.10. The van der Waals surface area contributed by atoms with Gasteiger partial charge in [0, 0.05) is 43.7 Å². The Bertz CT molecular complexity index is 683. The van der Waals surface area contributed by atoms with E-state index in [4.69, 9.17) is 0 Å². The molecule has 0 aliphatic rings. The topological polar surface area (TPSA) is 44.1 Å². The summed E-state index contributed by atoms with van der Waals surface area (Å²) >= 11 is 0. The minimum Gasteiger partial charge on any atom is -0.639 e. The summed E-state index contributed by atoms with van der Waals surface area (Å²) in [5, 5.41) is 4.53. The van der Waals surface area contributed by atoms with Crippen molar-refractivity contribution >= 4 is 5.91 Å². The molecule has 0 spiro atoms. The molecule has 25 heavy (non-hydrogen) atoms. The van der Waals surface area contributed by atoms with Gasteiger partial charge in [0.1, 0.15) is 0 Å². The Balaban J connectivity index is 0.00000312. The molecule has 0 bridgehead atoms. The van der Waals surface area contributed by atoms with Gasteiger partial charge in [-0.2, -0.15) is 0 Å². The van der Waals surface area contributed by atoms with Crippen LogP contribution in [0.2, 0.25) is 0 Å². The van der Waals surface area contributed by atoms with Gasteiger partial charge >= 0.3 is 0 Å². The van der Waals surface area contributed by atoms with E-state index < -0.39 is 5.54 Å². The minimum absolute atomic E-state index is 0. The molecule has 1 aromatic carbocycles. The molecule has 1 amide bonds. The van der Waals surface area contributed by atoms with Crippen molar-refractivity contribution in [3.8, 4) is 0 Å². The summed E-state index contributed by atoms with van der Waals surface area (Å²) in [6, 6.07) is 11.8. The molecule has 1 aromatic heterocycles. The van der Waals surface area contributed by atoms with E-state index in [0.717, 1.165) is 22.4 Å². The van der Waals surface area contributed by atoms with E-state index in [-0.39, 0.29) is 43.9 Å². The number of aromatic nitrogens is 1. The fourth-order valence-electron chi connectivity index (χ4n) is 2.89. The van der Waals surface area contributed by atoms with Crippen molar-refractivity contribution < 1.29 is 31.0 Å². The first-order valence-electron chi connectivity index (χ1n) is 8.55. The molecule has 2 aromatic rings. The molecule has 2 rings (SSSR count). The normalized spacial score (nSPS) is 11.4. The molecule has 0 fully saturated rings. The van der Waals surface area contributed by atoms with Gasteiger partial charge in [-0.05, 0) is 35.1 Å². The van der Waals surface area contributed by atoms with E-state index in [0.29, 0.717) is 0 Å². The molecule has 0 N–H and O–H groups in total.